The molecule has 2 amide bonds. The van der Waals surface area contributed by atoms with Gasteiger partial charge in [0.2, 0.25) is 5.91 Å². The van der Waals surface area contributed by atoms with E-state index in [0.717, 1.165) is 23.3 Å². The Balaban J connectivity index is 1.47. The van der Waals surface area contributed by atoms with Crippen molar-refractivity contribution in [1.29, 1.82) is 0 Å². The van der Waals surface area contributed by atoms with Crippen LogP contribution in [0.3, 0.4) is 0 Å². The second-order valence-corrected chi connectivity index (χ2v) is 7.99. The summed E-state index contributed by atoms with van der Waals surface area (Å²) in [6, 6.07) is 21.0. The van der Waals surface area contributed by atoms with Crippen molar-refractivity contribution in [3.63, 3.8) is 0 Å². The number of hydrogen-bond acceptors (Lipinski definition) is 4. The maximum atomic E-state index is 13.0. The minimum absolute atomic E-state index is 0.182. The highest BCUT2D eigenvalue weighted by molar-refractivity contribution is 5.94. The summed E-state index contributed by atoms with van der Waals surface area (Å²) in [5, 5.41) is 3.13. The highest BCUT2D eigenvalue weighted by Crippen LogP contribution is 2.26. The first-order valence-electron chi connectivity index (χ1n) is 10.9. The van der Waals surface area contributed by atoms with Gasteiger partial charge in [-0.1, -0.05) is 32.4 Å². The van der Waals surface area contributed by atoms with Crippen molar-refractivity contribution in [2.24, 2.45) is 11.7 Å². The zero-order valence-corrected chi connectivity index (χ0v) is 18.5. The summed E-state index contributed by atoms with van der Waals surface area (Å²) in [6.45, 7) is 4.19. The van der Waals surface area contributed by atoms with Crippen LogP contribution in [0.4, 0.5) is 0 Å². The largest absolute Gasteiger partial charge is 0.457 e. The van der Waals surface area contributed by atoms with Gasteiger partial charge >= 0.3 is 0 Å². The summed E-state index contributed by atoms with van der Waals surface area (Å²) >= 11 is 0. The van der Waals surface area contributed by atoms with Gasteiger partial charge in [-0.2, -0.15) is 0 Å². The van der Waals surface area contributed by atoms with E-state index in [1.54, 1.807) is 48.5 Å². The molecule has 0 saturated heterocycles. The number of fused-ring (bicyclic) bond motifs is 1. The van der Waals surface area contributed by atoms with Crippen LogP contribution in [0.15, 0.2) is 72.8 Å². The van der Waals surface area contributed by atoms with Gasteiger partial charge in [0.15, 0.2) is 0 Å². The molecule has 168 valence electrons. The number of aromatic amines is 1. The van der Waals surface area contributed by atoms with Gasteiger partial charge in [0, 0.05) is 11.1 Å². The molecule has 0 aliphatic heterocycles. The summed E-state index contributed by atoms with van der Waals surface area (Å²) < 4.78 is 5.79. The summed E-state index contributed by atoms with van der Waals surface area (Å²) in [4.78, 5) is 32.2. The van der Waals surface area contributed by atoms with Crippen molar-refractivity contribution in [2.75, 3.05) is 0 Å². The van der Waals surface area contributed by atoms with Gasteiger partial charge in [-0.05, 0) is 66.6 Å². The van der Waals surface area contributed by atoms with Crippen molar-refractivity contribution in [3.8, 4) is 11.5 Å². The van der Waals surface area contributed by atoms with Gasteiger partial charge in [-0.15, -0.1) is 0 Å². The van der Waals surface area contributed by atoms with Gasteiger partial charge < -0.3 is 20.8 Å². The second kappa shape index (κ2) is 9.56. The predicted molar refractivity (Wildman–Crippen MR) is 127 cm³/mol. The number of nitrogens with zero attached hydrogens (tertiary/aromatic N) is 1. The number of nitrogens with two attached hydrogens (primary N) is 1. The maximum Gasteiger partial charge on any atom is 0.251 e. The van der Waals surface area contributed by atoms with Crippen LogP contribution in [0, 0.1) is 5.92 Å². The number of para-hydroxylation sites is 2. The Hall–Kier alpha value is -4.13. The molecule has 0 radical (unpaired) electrons. The van der Waals surface area contributed by atoms with E-state index >= 15 is 0 Å². The Morgan fingerprint density at radius 2 is 1.58 bits per heavy atom. The third kappa shape index (κ3) is 5.03. The fraction of sp³-hybridized carbons (Fsp3) is 0.192. The lowest BCUT2D eigenvalue weighted by molar-refractivity contribution is 0.0919. The number of nitrogens with one attached hydrogen (secondary N) is 2. The molecule has 7 heteroatoms. The molecule has 1 aromatic heterocycles. The van der Waals surface area contributed by atoms with Gasteiger partial charge in [-0.3, -0.25) is 9.59 Å². The predicted octanol–water partition coefficient (Wildman–Crippen LogP) is 4.97. The Labute approximate surface area is 192 Å². The van der Waals surface area contributed by atoms with Gasteiger partial charge in [0.1, 0.15) is 17.3 Å². The summed E-state index contributed by atoms with van der Waals surface area (Å²) in [7, 11) is 0. The number of ether oxygens (including phenoxy) is 1. The Kier molecular flexibility index (Phi) is 6.40. The number of aromatic nitrogens is 2. The molecule has 2 atom stereocenters. The first-order chi connectivity index (χ1) is 15.9. The van der Waals surface area contributed by atoms with Crippen LogP contribution >= 0.6 is 0 Å². The number of primary amides is 1. The lowest BCUT2D eigenvalue weighted by Gasteiger charge is -2.22. The molecule has 33 heavy (non-hydrogen) atoms. The van der Waals surface area contributed by atoms with Crippen molar-refractivity contribution < 1.29 is 14.3 Å². The molecule has 0 bridgehead atoms. The van der Waals surface area contributed by atoms with Crippen LogP contribution in [0.25, 0.3) is 11.0 Å². The number of amides is 2. The number of hydrogen-bond donors (Lipinski definition) is 3. The normalized spacial score (nSPS) is 12.8. The SMILES string of the molecule is CCC(C)C(NC(=O)c1ccc(Oc2ccc(C(N)=O)cc2)cc1)c1nc2ccccc2[nH]1. The van der Waals surface area contributed by atoms with Gasteiger partial charge in [0.05, 0.1) is 17.1 Å². The lowest BCUT2D eigenvalue weighted by Crippen LogP contribution is -2.33. The van der Waals surface area contributed by atoms with E-state index < -0.39 is 5.91 Å². The zero-order valence-electron chi connectivity index (χ0n) is 18.5. The van der Waals surface area contributed by atoms with E-state index in [9.17, 15) is 9.59 Å². The van der Waals surface area contributed by atoms with Gasteiger partial charge in [0.25, 0.3) is 5.91 Å². The van der Waals surface area contributed by atoms with Crippen LogP contribution in [0.2, 0.25) is 0 Å². The molecule has 2 unspecified atom stereocenters. The van der Waals surface area contributed by atoms with E-state index in [1.165, 1.54) is 0 Å². The Morgan fingerprint density at radius 3 is 2.15 bits per heavy atom. The van der Waals surface area contributed by atoms with Crippen molar-refractivity contribution in [3.05, 3.63) is 89.7 Å². The summed E-state index contributed by atoms with van der Waals surface area (Å²) in [5.41, 5.74) is 8.01. The quantitative estimate of drug-likeness (QED) is 0.358. The fourth-order valence-corrected chi connectivity index (χ4v) is 3.56. The standard InChI is InChI=1S/C26H26N4O3/c1-3-16(2)23(25-28-21-6-4-5-7-22(21)29-25)30-26(32)18-10-14-20(15-11-18)33-19-12-8-17(9-13-19)24(27)31/h4-16,23H,3H2,1-2H3,(H2,27,31)(H,28,29)(H,30,32). The molecule has 1 heterocycles. The topological polar surface area (TPSA) is 110 Å². The van der Waals surface area contributed by atoms with Crippen LogP contribution in [-0.4, -0.2) is 21.8 Å². The van der Waals surface area contributed by atoms with Crippen LogP contribution in [0.5, 0.6) is 11.5 Å². The second-order valence-electron chi connectivity index (χ2n) is 7.99. The molecular weight excluding hydrogens is 416 g/mol. The molecule has 0 aliphatic carbocycles. The van der Waals surface area contributed by atoms with Crippen molar-refractivity contribution in [1.82, 2.24) is 15.3 Å². The number of benzene rings is 3. The molecule has 4 rings (SSSR count). The van der Waals surface area contributed by atoms with E-state index in [4.69, 9.17) is 10.5 Å². The highest BCUT2D eigenvalue weighted by atomic mass is 16.5. The molecule has 0 spiro atoms. The first-order valence-corrected chi connectivity index (χ1v) is 10.9. The van der Waals surface area contributed by atoms with Crippen LogP contribution in [-0.2, 0) is 0 Å². The summed E-state index contributed by atoms with van der Waals surface area (Å²) in [5.74, 6) is 1.42. The lowest BCUT2D eigenvalue weighted by atomic mass is 9.98. The average molecular weight is 443 g/mol. The minimum atomic E-state index is -0.491. The molecule has 4 N–H and O–H groups in total. The Bertz CT molecular complexity index is 1230. The first kappa shape index (κ1) is 22.1. The number of carbonyl (C=O) groups is 2. The monoisotopic (exact) mass is 442 g/mol. The van der Waals surface area contributed by atoms with E-state index in [2.05, 4.69) is 29.1 Å². The van der Waals surface area contributed by atoms with Crippen LogP contribution < -0.4 is 15.8 Å². The highest BCUT2D eigenvalue weighted by Gasteiger charge is 2.24. The molecule has 0 fully saturated rings. The Morgan fingerprint density at radius 1 is 0.970 bits per heavy atom. The molecule has 3 aromatic carbocycles. The molecule has 7 nitrogen and oxygen atoms in total. The smallest absolute Gasteiger partial charge is 0.251 e. The number of carbonyl (C=O) groups excluding carboxylic acids is 2. The zero-order chi connectivity index (χ0) is 23.4. The third-order valence-electron chi connectivity index (χ3n) is 5.69. The van der Waals surface area contributed by atoms with Gasteiger partial charge in [-0.25, -0.2) is 4.98 Å². The fourth-order valence-electron chi connectivity index (χ4n) is 3.56. The molecular formula is C26H26N4O3. The number of H-pyrrole nitrogens is 1. The average Bonchev–Trinajstić information content (AvgIpc) is 3.26. The van der Waals surface area contributed by atoms with E-state index in [1.807, 2.05) is 24.3 Å². The summed E-state index contributed by atoms with van der Waals surface area (Å²) in [6.07, 6.45) is 0.892. The molecule has 4 aromatic rings. The van der Waals surface area contributed by atoms with Crippen molar-refractivity contribution in [2.45, 2.75) is 26.3 Å². The molecule has 0 saturated carbocycles. The third-order valence-corrected chi connectivity index (χ3v) is 5.69. The van der Waals surface area contributed by atoms with Crippen LogP contribution in [0.1, 0.15) is 52.9 Å². The molecule has 0 aliphatic rings. The minimum Gasteiger partial charge on any atom is -0.457 e. The van der Waals surface area contributed by atoms with Crippen molar-refractivity contribution >= 4 is 22.8 Å². The number of imidazole rings is 1. The maximum absolute atomic E-state index is 13.0. The van der Waals surface area contributed by atoms with E-state index in [-0.39, 0.29) is 17.9 Å². The van der Waals surface area contributed by atoms with E-state index in [0.29, 0.717) is 22.6 Å². The number of rotatable bonds is 8.